The average Bonchev–Trinajstić information content (AvgIpc) is 2.75. The van der Waals surface area contributed by atoms with E-state index in [1.165, 1.54) is 3.57 Å². The molecule has 0 atom stereocenters. The van der Waals surface area contributed by atoms with Crippen LogP contribution in [0.25, 0.3) is 16.9 Å². The lowest BCUT2D eigenvalue weighted by Gasteiger charge is -2.02. The van der Waals surface area contributed by atoms with Crippen LogP contribution < -0.4 is 0 Å². The van der Waals surface area contributed by atoms with Crippen molar-refractivity contribution in [2.75, 3.05) is 0 Å². The highest BCUT2D eigenvalue weighted by atomic mass is 127. The standard InChI is InChI=1S/C13H8ClIN2/c14-11-2-1-7-17-12(8-16-13(11)17)9-3-5-10(15)6-4-9/h1-8H. The summed E-state index contributed by atoms with van der Waals surface area (Å²) in [5.74, 6) is 0. The van der Waals surface area contributed by atoms with Gasteiger partial charge in [0.05, 0.1) is 16.9 Å². The number of nitrogens with zero attached hydrogens (tertiary/aromatic N) is 2. The van der Waals surface area contributed by atoms with Crippen molar-refractivity contribution in [2.24, 2.45) is 0 Å². The van der Waals surface area contributed by atoms with Crippen LogP contribution >= 0.6 is 34.2 Å². The van der Waals surface area contributed by atoms with Gasteiger partial charge in [0.2, 0.25) is 0 Å². The number of aromatic nitrogens is 2. The Bertz CT molecular complexity index is 673. The van der Waals surface area contributed by atoms with E-state index in [1.54, 1.807) is 0 Å². The molecule has 0 aliphatic carbocycles. The summed E-state index contributed by atoms with van der Waals surface area (Å²) < 4.78 is 3.23. The first-order chi connectivity index (χ1) is 8.25. The smallest absolute Gasteiger partial charge is 0.156 e. The van der Waals surface area contributed by atoms with Gasteiger partial charge in [-0.3, -0.25) is 4.40 Å². The van der Waals surface area contributed by atoms with E-state index in [4.69, 9.17) is 11.6 Å². The third-order valence-corrected chi connectivity index (χ3v) is 3.64. The summed E-state index contributed by atoms with van der Waals surface area (Å²) in [5.41, 5.74) is 2.99. The molecule has 2 nitrogen and oxygen atoms in total. The molecule has 17 heavy (non-hydrogen) atoms. The van der Waals surface area contributed by atoms with Gasteiger partial charge in [-0.2, -0.15) is 0 Å². The van der Waals surface area contributed by atoms with Crippen LogP contribution in [0.3, 0.4) is 0 Å². The van der Waals surface area contributed by atoms with E-state index >= 15 is 0 Å². The van der Waals surface area contributed by atoms with Gasteiger partial charge in [0.1, 0.15) is 0 Å². The van der Waals surface area contributed by atoms with Crippen molar-refractivity contribution in [1.29, 1.82) is 0 Å². The van der Waals surface area contributed by atoms with Gasteiger partial charge < -0.3 is 0 Å². The highest BCUT2D eigenvalue weighted by Crippen LogP contribution is 2.24. The number of imidazole rings is 1. The fourth-order valence-electron chi connectivity index (χ4n) is 1.81. The summed E-state index contributed by atoms with van der Waals surface area (Å²) in [7, 11) is 0. The minimum Gasteiger partial charge on any atom is -0.298 e. The predicted octanol–water partition coefficient (Wildman–Crippen LogP) is 4.26. The largest absolute Gasteiger partial charge is 0.298 e. The Labute approximate surface area is 117 Å². The first-order valence-electron chi connectivity index (χ1n) is 5.13. The Kier molecular flexibility index (Phi) is 2.80. The maximum absolute atomic E-state index is 6.10. The fraction of sp³-hybridized carbons (Fsp3) is 0. The summed E-state index contributed by atoms with van der Waals surface area (Å²) in [5, 5.41) is 0.671. The van der Waals surface area contributed by atoms with Crippen LogP contribution in [0.15, 0.2) is 48.8 Å². The van der Waals surface area contributed by atoms with Gasteiger partial charge in [-0.1, -0.05) is 23.7 Å². The monoisotopic (exact) mass is 354 g/mol. The zero-order valence-electron chi connectivity index (χ0n) is 8.77. The molecule has 0 aliphatic heterocycles. The van der Waals surface area contributed by atoms with Crippen LogP contribution in [0, 0.1) is 3.57 Å². The van der Waals surface area contributed by atoms with Gasteiger partial charge in [-0.15, -0.1) is 0 Å². The van der Waals surface area contributed by atoms with Crippen molar-refractivity contribution in [3.63, 3.8) is 0 Å². The molecule has 84 valence electrons. The third kappa shape index (κ3) is 1.93. The summed E-state index contributed by atoms with van der Waals surface area (Å²) >= 11 is 8.39. The number of halogens is 2. The van der Waals surface area contributed by atoms with Gasteiger partial charge >= 0.3 is 0 Å². The van der Waals surface area contributed by atoms with Crippen LogP contribution in [0.1, 0.15) is 0 Å². The van der Waals surface area contributed by atoms with E-state index in [0.717, 1.165) is 16.9 Å². The number of fused-ring (bicyclic) bond motifs is 1. The van der Waals surface area contributed by atoms with E-state index in [1.807, 2.05) is 28.9 Å². The number of benzene rings is 1. The van der Waals surface area contributed by atoms with Crippen molar-refractivity contribution in [3.8, 4) is 11.3 Å². The van der Waals surface area contributed by atoms with Crippen molar-refractivity contribution in [1.82, 2.24) is 9.38 Å². The quantitative estimate of drug-likeness (QED) is 0.597. The van der Waals surface area contributed by atoms with Crippen LogP contribution in [0.2, 0.25) is 5.02 Å². The van der Waals surface area contributed by atoms with E-state index in [-0.39, 0.29) is 0 Å². The van der Waals surface area contributed by atoms with Gasteiger partial charge in [-0.05, 0) is 46.9 Å². The fourth-order valence-corrected chi connectivity index (χ4v) is 2.38. The Morgan fingerprint density at radius 3 is 2.65 bits per heavy atom. The van der Waals surface area contributed by atoms with Crippen molar-refractivity contribution in [2.45, 2.75) is 0 Å². The maximum atomic E-state index is 6.10. The molecule has 0 fully saturated rings. The molecule has 1 aromatic carbocycles. The number of hydrogen-bond donors (Lipinski definition) is 0. The van der Waals surface area contributed by atoms with Crippen molar-refractivity contribution >= 4 is 39.8 Å². The summed E-state index contributed by atoms with van der Waals surface area (Å²) in [6, 6.07) is 12.1. The zero-order chi connectivity index (χ0) is 11.8. The van der Waals surface area contributed by atoms with Crippen molar-refractivity contribution in [3.05, 3.63) is 57.4 Å². The molecule has 0 radical (unpaired) electrons. The van der Waals surface area contributed by atoms with Gasteiger partial charge in [-0.25, -0.2) is 4.98 Å². The predicted molar refractivity (Wildman–Crippen MR) is 78.4 cm³/mol. The van der Waals surface area contributed by atoms with Gasteiger partial charge in [0.25, 0.3) is 0 Å². The van der Waals surface area contributed by atoms with Crippen LogP contribution in [0.4, 0.5) is 0 Å². The molecule has 2 heterocycles. The van der Waals surface area contributed by atoms with E-state index < -0.39 is 0 Å². The third-order valence-electron chi connectivity index (χ3n) is 2.63. The minimum absolute atomic E-state index is 0.671. The summed E-state index contributed by atoms with van der Waals surface area (Å²) in [6.07, 6.45) is 3.82. The molecule has 0 saturated heterocycles. The molecule has 0 bridgehead atoms. The number of hydrogen-bond acceptors (Lipinski definition) is 1. The molecule has 0 aliphatic rings. The van der Waals surface area contributed by atoms with Gasteiger partial charge in [0.15, 0.2) is 5.65 Å². The molecule has 4 heteroatoms. The molecular formula is C13H8ClIN2. The second-order valence-electron chi connectivity index (χ2n) is 3.70. The molecule has 0 saturated carbocycles. The SMILES string of the molecule is Clc1cccn2c(-c3ccc(I)cc3)cnc12. The Morgan fingerprint density at radius 1 is 1.12 bits per heavy atom. The number of pyridine rings is 1. The number of rotatable bonds is 1. The molecule has 0 spiro atoms. The molecule has 3 aromatic rings. The zero-order valence-corrected chi connectivity index (χ0v) is 11.7. The summed E-state index contributed by atoms with van der Waals surface area (Å²) in [4.78, 5) is 4.35. The first kappa shape index (κ1) is 11.0. The molecule has 0 amide bonds. The van der Waals surface area contributed by atoms with E-state index in [9.17, 15) is 0 Å². The van der Waals surface area contributed by atoms with Gasteiger partial charge in [0, 0.05) is 15.3 Å². The normalized spacial score (nSPS) is 10.9. The molecule has 0 unspecified atom stereocenters. The molecule has 3 rings (SSSR count). The lowest BCUT2D eigenvalue weighted by atomic mass is 10.2. The van der Waals surface area contributed by atoms with Crippen LogP contribution in [-0.2, 0) is 0 Å². The second-order valence-corrected chi connectivity index (χ2v) is 5.35. The average molecular weight is 355 g/mol. The first-order valence-corrected chi connectivity index (χ1v) is 6.59. The highest BCUT2D eigenvalue weighted by molar-refractivity contribution is 14.1. The molecular weight excluding hydrogens is 347 g/mol. The molecule has 2 aromatic heterocycles. The highest BCUT2D eigenvalue weighted by Gasteiger charge is 2.07. The topological polar surface area (TPSA) is 17.3 Å². The second kappa shape index (κ2) is 4.31. The Balaban J connectivity index is 2.24. The minimum atomic E-state index is 0.671. The Morgan fingerprint density at radius 2 is 1.88 bits per heavy atom. The maximum Gasteiger partial charge on any atom is 0.156 e. The molecule has 0 N–H and O–H groups in total. The lowest BCUT2D eigenvalue weighted by Crippen LogP contribution is -1.88. The van der Waals surface area contributed by atoms with E-state index in [0.29, 0.717) is 5.02 Å². The summed E-state index contributed by atoms with van der Waals surface area (Å²) in [6.45, 7) is 0. The van der Waals surface area contributed by atoms with Crippen LogP contribution in [0.5, 0.6) is 0 Å². The Hall–Kier alpha value is -1.07. The van der Waals surface area contributed by atoms with Crippen LogP contribution in [-0.4, -0.2) is 9.38 Å². The van der Waals surface area contributed by atoms with Crippen molar-refractivity contribution < 1.29 is 0 Å². The van der Waals surface area contributed by atoms with E-state index in [2.05, 4.69) is 51.8 Å². The lowest BCUT2D eigenvalue weighted by molar-refractivity contribution is 1.19.